The number of likely N-dealkylation sites (tertiary alicyclic amines) is 1. The standard InChI is InChI=1S/C12H22N2O2/c1-8(2)13-6-9(3)7-14-11(15)5-10(4)12(14)16/h8-10,13H,5-7H2,1-4H3. The van der Waals surface area contributed by atoms with Crippen molar-refractivity contribution in [2.24, 2.45) is 11.8 Å². The van der Waals surface area contributed by atoms with Gasteiger partial charge in [0.25, 0.3) is 0 Å². The quantitative estimate of drug-likeness (QED) is 0.712. The van der Waals surface area contributed by atoms with Crippen molar-refractivity contribution in [2.45, 2.75) is 40.2 Å². The molecule has 0 bridgehead atoms. The van der Waals surface area contributed by atoms with Crippen LogP contribution < -0.4 is 5.32 Å². The highest BCUT2D eigenvalue weighted by Crippen LogP contribution is 2.19. The van der Waals surface area contributed by atoms with E-state index in [0.717, 1.165) is 6.54 Å². The molecule has 0 aromatic heterocycles. The first-order valence-corrected chi connectivity index (χ1v) is 5.99. The van der Waals surface area contributed by atoms with Crippen molar-refractivity contribution in [1.82, 2.24) is 10.2 Å². The second-order valence-electron chi connectivity index (χ2n) is 5.12. The summed E-state index contributed by atoms with van der Waals surface area (Å²) in [5.74, 6) is 0.147. The molecule has 2 amide bonds. The van der Waals surface area contributed by atoms with Gasteiger partial charge >= 0.3 is 0 Å². The largest absolute Gasteiger partial charge is 0.314 e. The molecule has 2 atom stereocenters. The summed E-state index contributed by atoms with van der Waals surface area (Å²) in [7, 11) is 0. The second kappa shape index (κ2) is 5.43. The van der Waals surface area contributed by atoms with E-state index in [1.54, 1.807) is 0 Å². The van der Waals surface area contributed by atoms with Crippen molar-refractivity contribution in [1.29, 1.82) is 0 Å². The Kier molecular flexibility index (Phi) is 4.47. The molecule has 0 saturated carbocycles. The lowest BCUT2D eigenvalue weighted by atomic mass is 10.1. The van der Waals surface area contributed by atoms with Crippen LogP contribution in [-0.4, -0.2) is 35.8 Å². The average Bonchev–Trinajstić information content (AvgIpc) is 2.42. The highest BCUT2D eigenvalue weighted by Gasteiger charge is 2.35. The number of carbonyl (C=O) groups is 2. The molecule has 0 radical (unpaired) electrons. The number of nitrogens with one attached hydrogen (secondary N) is 1. The third kappa shape index (κ3) is 3.30. The number of amides is 2. The number of hydrogen-bond donors (Lipinski definition) is 1. The second-order valence-corrected chi connectivity index (χ2v) is 5.12. The smallest absolute Gasteiger partial charge is 0.232 e. The highest BCUT2D eigenvalue weighted by atomic mass is 16.2. The van der Waals surface area contributed by atoms with Crippen molar-refractivity contribution in [3.63, 3.8) is 0 Å². The van der Waals surface area contributed by atoms with Gasteiger partial charge in [-0.05, 0) is 12.5 Å². The molecule has 2 unspecified atom stereocenters. The van der Waals surface area contributed by atoms with Gasteiger partial charge in [0, 0.05) is 24.9 Å². The predicted molar refractivity (Wildman–Crippen MR) is 62.8 cm³/mol. The van der Waals surface area contributed by atoms with E-state index in [2.05, 4.69) is 26.1 Å². The first-order valence-electron chi connectivity index (χ1n) is 5.99. The Morgan fingerprint density at radius 3 is 2.44 bits per heavy atom. The molecule has 92 valence electrons. The molecule has 1 fully saturated rings. The Bertz CT molecular complexity index is 276. The van der Waals surface area contributed by atoms with Crippen LogP contribution in [0.2, 0.25) is 0 Å². The molecular formula is C12H22N2O2. The lowest BCUT2D eigenvalue weighted by Gasteiger charge is -2.21. The Morgan fingerprint density at radius 1 is 1.38 bits per heavy atom. The van der Waals surface area contributed by atoms with E-state index in [9.17, 15) is 9.59 Å². The van der Waals surface area contributed by atoms with Crippen LogP contribution in [0, 0.1) is 11.8 Å². The minimum atomic E-state index is -0.127. The SMILES string of the molecule is CC(CNC(C)C)CN1C(=O)CC(C)C1=O. The number of carbonyl (C=O) groups excluding carboxylic acids is 2. The van der Waals surface area contributed by atoms with E-state index >= 15 is 0 Å². The van der Waals surface area contributed by atoms with Gasteiger partial charge in [-0.15, -0.1) is 0 Å². The molecule has 4 nitrogen and oxygen atoms in total. The molecule has 1 saturated heterocycles. The third-order valence-electron chi connectivity index (χ3n) is 2.84. The number of rotatable bonds is 5. The maximum atomic E-state index is 11.7. The van der Waals surface area contributed by atoms with Gasteiger partial charge in [0.2, 0.25) is 11.8 Å². The molecular weight excluding hydrogens is 204 g/mol. The van der Waals surface area contributed by atoms with Crippen LogP contribution in [0.5, 0.6) is 0 Å². The lowest BCUT2D eigenvalue weighted by Crippen LogP contribution is -2.38. The average molecular weight is 226 g/mol. The molecule has 0 spiro atoms. The van der Waals surface area contributed by atoms with Crippen LogP contribution in [0.3, 0.4) is 0 Å². The zero-order valence-corrected chi connectivity index (χ0v) is 10.6. The van der Waals surface area contributed by atoms with Gasteiger partial charge in [-0.2, -0.15) is 0 Å². The first kappa shape index (κ1) is 13.2. The maximum Gasteiger partial charge on any atom is 0.232 e. The fraction of sp³-hybridized carbons (Fsp3) is 0.833. The van der Waals surface area contributed by atoms with Crippen LogP contribution >= 0.6 is 0 Å². The van der Waals surface area contributed by atoms with Gasteiger partial charge in [0.15, 0.2) is 0 Å². The maximum absolute atomic E-state index is 11.7. The molecule has 0 aromatic rings. The van der Waals surface area contributed by atoms with Gasteiger partial charge in [-0.3, -0.25) is 14.5 Å². The zero-order chi connectivity index (χ0) is 12.3. The Labute approximate surface area is 97.4 Å². The Hall–Kier alpha value is -0.900. The van der Waals surface area contributed by atoms with E-state index in [4.69, 9.17) is 0 Å². The number of hydrogen-bond acceptors (Lipinski definition) is 3. The number of nitrogens with zero attached hydrogens (tertiary/aromatic N) is 1. The van der Waals surface area contributed by atoms with E-state index in [1.165, 1.54) is 4.90 Å². The normalized spacial score (nSPS) is 23.3. The van der Waals surface area contributed by atoms with Crippen molar-refractivity contribution >= 4 is 11.8 Å². The topological polar surface area (TPSA) is 49.4 Å². The summed E-state index contributed by atoms with van der Waals surface area (Å²) < 4.78 is 0. The van der Waals surface area contributed by atoms with Gasteiger partial charge < -0.3 is 5.32 Å². The van der Waals surface area contributed by atoms with Crippen LogP contribution in [0.25, 0.3) is 0 Å². The Balaban J connectivity index is 2.41. The molecule has 4 heteroatoms. The number of imide groups is 1. The van der Waals surface area contributed by atoms with Crippen molar-refractivity contribution in [3.8, 4) is 0 Å². The first-order chi connectivity index (χ1) is 7.41. The molecule has 0 aliphatic carbocycles. The highest BCUT2D eigenvalue weighted by molar-refractivity contribution is 6.03. The predicted octanol–water partition coefficient (Wildman–Crippen LogP) is 1.02. The van der Waals surface area contributed by atoms with Gasteiger partial charge in [0.1, 0.15) is 0 Å². The molecule has 1 aliphatic rings. The van der Waals surface area contributed by atoms with Crippen molar-refractivity contribution < 1.29 is 9.59 Å². The molecule has 1 N–H and O–H groups in total. The van der Waals surface area contributed by atoms with E-state index < -0.39 is 0 Å². The van der Waals surface area contributed by atoms with Crippen LogP contribution in [0.4, 0.5) is 0 Å². The molecule has 0 aromatic carbocycles. The van der Waals surface area contributed by atoms with Crippen molar-refractivity contribution in [3.05, 3.63) is 0 Å². The van der Waals surface area contributed by atoms with Gasteiger partial charge in [-0.1, -0.05) is 27.7 Å². The van der Waals surface area contributed by atoms with Gasteiger partial charge in [0.05, 0.1) is 0 Å². The zero-order valence-electron chi connectivity index (χ0n) is 10.6. The van der Waals surface area contributed by atoms with Crippen LogP contribution in [-0.2, 0) is 9.59 Å². The minimum absolute atomic E-state index is 0.0126. The molecule has 16 heavy (non-hydrogen) atoms. The fourth-order valence-corrected chi connectivity index (χ4v) is 1.85. The summed E-state index contributed by atoms with van der Waals surface area (Å²) >= 11 is 0. The fourth-order valence-electron chi connectivity index (χ4n) is 1.85. The van der Waals surface area contributed by atoms with Crippen molar-refractivity contribution in [2.75, 3.05) is 13.1 Å². The summed E-state index contributed by atoms with van der Waals surface area (Å²) in [6.45, 7) is 9.42. The molecule has 1 rings (SSSR count). The van der Waals surface area contributed by atoms with E-state index in [-0.39, 0.29) is 17.7 Å². The van der Waals surface area contributed by atoms with Gasteiger partial charge in [-0.25, -0.2) is 0 Å². The monoisotopic (exact) mass is 226 g/mol. The molecule has 1 aliphatic heterocycles. The van der Waals surface area contributed by atoms with E-state index in [0.29, 0.717) is 24.9 Å². The van der Waals surface area contributed by atoms with Crippen LogP contribution in [0.15, 0.2) is 0 Å². The summed E-state index contributed by atoms with van der Waals surface area (Å²) in [5, 5.41) is 3.31. The summed E-state index contributed by atoms with van der Waals surface area (Å²) in [5.41, 5.74) is 0. The Morgan fingerprint density at radius 2 is 2.00 bits per heavy atom. The third-order valence-corrected chi connectivity index (χ3v) is 2.84. The van der Waals surface area contributed by atoms with Crippen LogP contribution in [0.1, 0.15) is 34.1 Å². The summed E-state index contributed by atoms with van der Waals surface area (Å²) in [6.07, 6.45) is 0.378. The minimum Gasteiger partial charge on any atom is -0.314 e. The molecule has 1 heterocycles. The summed E-state index contributed by atoms with van der Waals surface area (Å²) in [6, 6.07) is 0.436. The summed E-state index contributed by atoms with van der Waals surface area (Å²) in [4.78, 5) is 24.6. The van der Waals surface area contributed by atoms with E-state index in [1.807, 2.05) is 6.92 Å². The lowest BCUT2D eigenvalue weighted by molar-refractivity contribution is -0.139.